The van der Waals surface area contributed by atoms with Crippen LogP contribution in [0.1, 0.15) is 18.2 Å². The second-order valence-electron chi connectivity index (χ2n) is 6.45. The van der Waals surface area contributed by atoms with E-state index in [4.69, 9.17) is 16.0 Å². The van der Waals surface area contributed by atoms with E-state index in [1.54, 1.807) is 12.1 Å². The number of benzene rings is 2. The molecule has 0 atom stereocenters. The van der Waals surface area contributed by atoms with Crippen LogP contribution in [0.15, 0.2) is 74.2 Å². The first-order chi connectivity index (χ1) is 13.4. The molecule has 2 heterocycles. The zero-order valence-electron chi connectivity index (χ0n) is 15.2. The molecule has 1 aliphatic heterocycles. The zero-order chi connectivity index (χ0) is 19.8. The number of hydrazone groups is 1. The highest BCUT2D eigenvalue weighted by Crippen LogP contribution is 2.32. The maximum Gasteiger partial charge on any atom is 0.280 e. The number of nitrogens with zero attached hydrogens (tertiary/aromatic N) is 2. The molecule has 2 aromatic carbocycles. The lowest BCUT2D eigenvalue weighted by Gasteiger charge is -2.15. The van der Waals surface area contributed by atoms with Crippen molar-refractivity contribution in [2.75, 3.05) is 5.01 Å². The van der Waals surface area contributed by atoms with Crippen LogP contribution < -0.4 is 5.01 Å². The summed E-state index contributed by atoms with van der Waals surface area (Å²) < 4.78 is 6.92. The summed E-state index contributed by atoms with van der Waals surface area (Å²) in [6, 6.07) is 17.0. The molecular formula is C22H16BrClN2O2. The summed E-state index contributed by atoms with van der Waals surface area (Å²) in [6.07, 6.45) is 1.73. The fourth-order valence-electron chi connectivity index (χ4n) is 3.02. The van der Waals surface area contributed by atoms with E-state index >= 15 is 0 Å². The van der Waals surface area contributed by atoms with E-state index < -0.39 is 0 Å². The molecule has 1 aromatic heterocycles. The topological polar surface area (TPSA) is 45.8 Å². The third-order valence-electron chi connectivity index (χ3n) is 4.57. The van der Waals surface area contributed by atoms with Crippen molar-refractivity contribution >= 4 is 50.9 Å². The highest BCUT2D eigenvalue weighted by Gasteiger charge is 2.30. The van der Waals surface area contributed by atoms with Gasteiger partial charge >= 0.3 is 0 Å². The van der Waals surface area contributed by atoms with Gasteiger partial charge < -0.3 is 4.42 Å². The van der Waals surface area contributed by atoms with Crippen LogP contribution in [0.5, 0.6) is 0 Å². The second kappa shape index (κ2) is 7.41. The Bertz CT molecular complexity index is 1130. The number of rotatable bonds is 3. The highest BCUT2D eigenvalue weighted by molar-refractivity contribution is 9.10. The van der Waals surface area contributed by atoms with Crippen LogP contribution in [0, 0.1) is 6.92 Å². The smallest absolute Gasteiger partial charge is 0.280 e. The minimum Gasteiger partial charge on any atom is -0.457 e. The van der Waals surface area contributed by atoms with Crippen LogP contribution in [-0.4, -0.2) is 11.6 Å². The summed E-state index contributed by atoms with van der Waals surface area (Å²) in [5.74, 6) is 1.13. The van der Waals surface area contributed by atoms with E-state index in [2.05, 4.69) is 21.0 Å². The molecule has 0 fully saturated rings. The third kappa shape index (κ3) is 3.43. The monoisotopic (exact) mass is 454 g/mol. The molecule has 3 aromatic rings. The van der Waals surface area contributed by atoms with E-state index in [9.17, 15) is 4.79 Å². The molecule has 0 N–H and O–H groups in total. The summed E-state index contributed by atoms with van der Waals surface area (Å²) in [6.45, 7) is 3.68. The summed E-state index contributed by atoms with van der Waals surface area (Å²) in [7, 11) is 0. The van der Waals surface area contributed by atoms with Gasteiger partial charge in [-0.2, -0.15) is 10.1 Å². The molecule has 140 valence electrons. The number of halogens is 2. The quantitative estimate of drug-likeness (QED) is 0.424. The van der Waals surface area contributed by atoms with Crippen molar-refractivity contribution in [3.05, 3.63) is 81.0 Å². The van der Waals surface area contributed by atoms with Gasteiger partial charge in [0.25, 0.3) is 5.91 Å². The molecule has 1 amide bonds. The Hall–Kier alpha value is -2.63. The summed E-state index contributed by atoms with van der Waals surface area (Å²) in [5, 5.41) is 6.41. The molecule has 0 saturated heterocycles. The summed E-state index contributed by atoms with van der Waals surface area (Å²) >= 11 is 9.62. The van der Waals surface area contributed by atoms with Crippen LogP contribution in [-0.2, 0) is 4.79 Å². The summed E-state index contributed by atoms with van der Waals surface area (Å²) in [5.41, 5.74) is 3.58. The molecule has 0 unspecified atom stereocenters. The first-order valence-electron chi connectivity index (χ1n) is 8.66. The normalized spacial score (nSPS) is 15.4. The number of carbonyl (C=O) groups is 1. The molecule has 0 spiro atoms. The van der Waals surface area contributed by atoms with Gasteiger partial charge in [0.1, 0.15) is 11.5 Å². The minimum absolute atomic E-state index is 0.204. The van der Waals surface area contributed by atoms with Crippen LogP contribution >= 0.6 is 27.5 Å². The van der Waals surface area contributed by atoms with E-state index in [1.165, 1.54) is 5.01 Å². The minimum atomic E-state index is -0.204. The van der Waals surface area contributed by atoms with Gasteiger partial charge in [0.05, 0.1) is 17.0 Å². The Morgan fingerprint density at radius 3 is 2.57 bits per heavy atom. The lowest BCUT2D eigenvalue weighted by Crippen LogP contribution is -2.22. The SMILES string of the molecule is CC1=NN(c2cccc(Cl)c2C)C(=O)/C1=C/c1ccc(-c2ccc(Br)cc2)o1. The fourth-order valence-corrected chi connectivity index (χ4v) is 3.45. The van der Waals surface area contributed by atoms with Crippen LogP contribution in [0.25, 0.3) is 17.4 Å². The van der Waals surface area contributed by atoms with Gasteiger partial charge in [0.2, 0.25) is 0 Å². The third-order valence-corrected chi connectivity index (χ3v) is 5.51. The number of furan rings is 1. The number of anilines is 1. The van der Waals surface area contributed by atoms with Crippen molar-refractivity contribution in [3.63, 3.8) is 0 Å². The molecule has 4 nitrogen and oxygen atoms in total. The largest absolute Gasteiger partial charge is 0.457 e. The Morgan fingerprint density at radius 2 is 1.82 bits per heavy atom. The van der Waals surface area contributed by atoms with Gasteiger partial charge in [-0.05, 0) is 61.9 Å². The average Bonchev–Trinajstić information content (AvgIpc) is 3.25. The van der Waals surface area contributed by atoms with Crippen LogP contribution in [0.2, 0.25) is 5.02 Å². The number of hydrogen-bond donors (Lipinski definition) is 0. The molecule has 6 heteroatoms. The molecule has 0 bridgehead atoms. The molecular weight excluding hydrogens is 440 g/mol. The predicted molar refractivity (Wildman–Crippen MR) is 117 cm³/mol. The lowest BCUT2D eigenvalue weighted by atomic mass is 10.1. The Balaban J connectivity index is 1.64. The Morgan fingerprint density at radius 1 is 1.07 bits per heavy atom. The van der Waals surface area contributed by atoms with E-state index in [1.807, 2.05) is 62.4 Å². The molecule has 0 radical (unpaired) electrons. The zero-order valence-corrected chi connectivity index (χ0v) is 17.6. The maximum absolute atomic E-state index is 13.0. The molecule has 4 rings (SSSR count). The van der Waals surface area contributed by atoms with E-state index in [-0.39, 0.29) is 5.91 Å². The number of carbonyl (C=O) groups excluding carboxylic acids is 1. The summed E-state index contributed by atoms with van der Waals surface area (Å²) in [4.78, 5) is 13.0. The molecule has 0 saturated carbocycles. The van der Waals surface area contributed by atoms with Crippen molar-refractivity contribution in [2.45, 2.75) is 13.8 Å². The van der Waals surface area contributed by atoms with Crippen molar-refractivity contribution in [3.8, 4) is 11.3 Å². The van der Waals surface area contributed by atoms with Gasteiger partial charge in [-0.3, -0.25) is 4.79 Å². The Kier molecular flexibility index (Phi) is 4.96. The van der Waals surface area contributed by atoms with Crippen LogP contribution in [0.4, 0.5) is 5.69 Å². The van der Waals surface area contributed by atoms with Gasteiger partial charge in [0.15, 0.2) is 0 Å². The van der Waals surface area contributed by atoms with Crippen molar-refractivity contribution in [2.24, 2.45) is 5.10 Å². The second-order valence-corrected chi connectivity index (χ2v) is 7.78. The van der Waals surface area contributed by atoms with E-state index in [0.717, 1.165) is 21.4 Å². The molecule has 0 aliphatic carbocycles. The predicted octanol–water partition coefficient (Wildman–Crippen LogP) is 6.48. The standard InChI is InChI=1S/C22H16BrClN2O2/c1-13-19(24)4-3-5-20(13)26-22(27)18(14(2)25-26)12-17-10-11-21(28-17)15-6-8-16(23)9-7-15/h3-12H,1-2H3/b18-12+. The lowest BCUT2D eigenvalue weighted by molar-refractivity contribution is -0.114. The number of hydrogen-bond acceptors (Lipinski definition) is 3. The fraction of sp³-hybridized carbons (Fsp3) is 0.0909. The van der Waals surface area contributed by atoms with E-state index in [0.29, 0.717) is 27.8 Å². The van der Waals surface area contributed by atoms with Crippen molar-refractivity contribution < 1.29 is 9.21 Å². The van der Waals surface area contributed by atoms with Crippen LogP contribution in [0.3, 0.4) is 0 Å². The van der Waals surface area contributed by atoms with Gasteiger partial charge in [-0.25, -0.2) is 0 Å². The molecule has 1 aliphatic rings. The number of amides is 1. The van der Waals surface area contributed by atoms with Gasteiger partial charge in [-0.15, -0.1) is 0 Å². The highest BCUT2D eigenvalue weighted by atomic mass is 79.9. The molecule has 28 heavy (non-hydrogen) atoms. The average molecular weight is 456 g/mol. The first kappa shape index (κ1) is 18.7. The first-order valence-corrected chi connectivity index (χ1v) is 9.84. The maximum atomic E-state index is 13.0. The van der Waals surface area contributed by atoms with Crippen molar-refractivity contribution in [1.82, 2.24) is 0 Å². The van der Waals surface area contributed by atoms with Gasteiger partial charge in [-0.1, -0.05) is 45.7 Å². The Labute approximate surface area is 176 Å². The van der Waals surface area contributed by atoms with Crippen molar-refractivity contribution in [1.29, 1.82) is 0 Å². The van der Waals surface area contributed by atoms with Gasteiger partial charge in [0, 0.05) is 15.1 Å².